The van der Waals surface area contributed by atoms with Crippen molar-refractivity contribution in [1.29, 1.82) is 0 Å². The number of benzene rings is 3. The Morgan fingerprint density at radius 2 is 1.55 bits per heavy atom. The van der Waals surface area contributed by atoms with Gasteiger partial charge in [0, 0.05) is 18.4 Å². The van der Waals surface area contributed by atoms with Gasteiger partial charge in [-0.1, -0.05) is 78.4 Å². The van der Waals surface area contributed by atoms with Crippen molar-refractivity contribution in [3.63, 3.8) is 0 Å². The maximum atomic E-state index is 13.2. The highest BCUT2D eigenvalue weighted by atomic mass is 16.6. The van der Waals surface area contributed by atoms with Crippen LogP contribution in [0.2, 0.25) is 0 Å². The third-order valence-electron chi connectivity index (χ3n) is 7.21. The molecule has 0 bridgehead atoms. The van der Waals surface area contributed by atoms with Crippen molar-refractivity contribution in [2.45, 2.75) is 37.6 Å². The van der Waals surface area contributed by atoms with Gasteiger partial charge in [-0.25, -0.2) is 9.59 Å². The normalized spacial score (nSPS) is 21.5. The number of fused-ring (bicyclic) bond motifs is 3. The maximum Gasteiger partial charge on any atom is 0.410 e. The predicted molar refractivity (Wildman–Crippen MR) is 126 cm³/mol. The summed E-state index contributed by atoms with van der Waals surface area (Å²) in [6, 6.07) is 24.4. The molecule has 1 aliphatic carbocycles. The average molecular weight is 442 g/mol. The number of hydrogen-bond donors (Lipinski definition) is 1. The Bertz CT molecular complexity index is 1170. The van der Waals surface area contributed by atoms with Gasteiger partial charge < -0.3 is 9.84 Å². The summed E-state index contributed by atoms with van der Waals surface area (Å²) < 4.78 is 5.80. The average Bonchev–Trinajstić information content (AvgIpc) is 3.34. The van der Waals surface area contributed by atoms with E-state index in [0.717, 1.165) is 33.4 Å². The highest BCUT2D eigenvalue weighted by molar-refractivity contribution is 5.85. The molecule has 1 saturated heterocycles. The third-order valence-corrected chi connectivity index (χ3v) is 7.21. The van der Waals surface area contributed by atoms with Gasteiger partial charge in [0.05, 0.1) is 0 Å². The van der Waals surface area contributed by atoms with Crippen LogP contribution < -0.4 is 0 Å². The molecule has 0 radical (unpaired) electrons. The second kappa shape index (κ2) is 8.07. The summed E-state index contributed by atoms with van der Waals surface area (Å²) in [5, 5.41) is 9.99. The molecule has 33 heavy (non-hydrogen) atoms. The molecule has 3 aromatic carbocycles. The van der Waals surface area contributed by atoms with E-state index in [1.54, 1.807) is 6.92 Å². The fourth-order valence-corrected chi connectivity index (χ4v) is 5.29. The molecule has 2 atom stereocenters. The van der Waals surface area contributed by atoms with Crippen molar-refractivity contribution >= 4 is 12.1 Å². The van der Waals surface area contributed by atoms with Gasteiger partial charge in [0.2, 0.25) is 0 Å². The summed E-state index contributed by atoms with van der Waals surface area (Å²) in [6.45, 7) is 4.13. The minimum atomic E-state index is -1.31. The molecule has 0 spiro atoms. The second-order valence-corrected chi connectivity index (χ2v) is 9.31. The van der Waals surface area contributed by atoms with Crippen molar-refractivity contribution in [3.05, 3.63) is 95.1 Å². The molecule has 1 N–H and O–H groups in total. The first-order valence-corrected chi connectivity index (χ1v) is 11.3. The largest absolute Gasteiger partial charge is 0.480 e. The standard InChI is InChI=1S/C28H27NO4/c1-18-11-13-19(14-12-18)20-15-28(2,26(30)31)29(16-20)27(32)33-17-25-23-9-5-3-7-21(23)22-8-4-6-10-24(22)25/h3-14,20,25H,15-17H2,1-2H3,(H,30,31). The highest BCUT2D eigenvalue weighted by Gasteiger charge is 2.51. The molecule has 168 valence electrons. The molecule has 2 aliphatic rings. The molecular weight excluding hydrogens is 414 g/mol. The lowest BCUT2D eigenvalue weighted by Crippen LogP contribution is -2.51. The van der Waals surface area contributed by atoms with Crippen LogP contribution in [0.4, 0.5) is 4.79 Å². The fourth-order valence-electron chi connectivity index (χ4n) is 5.29. The first-order valence-electron chi connectivity index (χ1n) is 11.3. The van der Waals surface area contributed by atoms with Crippen molar-refractivity contribution in [2.24, 2.45) is 0 Å². The van der Waals surface area contributed by atoms with Gasteiger partial charge in [-0.2, -0.15) is 0 Å². The molecule has 0 saturated carbocycles. The topological polar surface area (TPSA) is 66.8 Å². The second-order valence-electron chi connectivity index (χ2n) is 9.31. The van der Waals surface area contributed by atoms with Crippen molar-refractivity contribution < 1.29 is 19.4 Å². The number of ether oxygens (including phenoxy) is 1. The number of carboxylic acids is 1. The Morgan fingerprint density at radius 1 is 0.970 bits per heavy atom. The number of amides is 1. The molecule has 1 heterocycles. The van der Waals surface area contributed by atoms with Gasteiger partial charge in [0.15, 0.2) is 0 Å². The molecule has 3 aromatic rings. The van der Waals surface area contributed by atoms with Gasteiger partial charge in [-0.15, -0.1) is 0 Å². The highest BCUT2D eigenvalue weighted by Crippen LogP contribution is 2.45. The molecule has 5 rings (SSSR count). The van der Waals surface area contributed by atoms with Crippen LogP contribution in [0.5, 0.6) is 0 Å². The van der Waals surface area contributed by atoms with Gasteiger partial charge in [0.25, 0.3) is 0 Å². The Labute approximate surface area is 193 Å². The first kappa shape index (κ1) is 21.3. The number of carbonyl (C=O) groups excluding carboxylic acids is 1. The Balaban J connectivity index is 1.37. The van der Waals surface area contributed by atoms with Crippen LogP contribution in [0.1, 0.15) is 47.4 Å². The van der Waals surface area contributed by atoms with Crippen LogP contribution in [0.15, 0.2) is 72.8 Å². The van der Waals surface area contributed by atoms with E-state index >= 15 is 0 Å². The van der Waals surface area contributed by atoms with E-state index in [1.807, 2.05) is 55.5 Å². The number of carbonyl (C=O) groups is 2. The zero-order chi connectivity index (χ0) is 23.2. The first-order chi connectivity index (χ1) is 15.9. The van der Waals surface area contributed by atoms with Gasteiger partial charge in [0.1, 0.15) is 12.1 Å². The number of aryl methyl sites for hydroxylation is 1. The molecule has 1 fully saturated rings. The minimum absolute atomic E-state index is 0.0489. The van der Waals surface area contributed by atoms with E-state index in [0.29, 0.717) is 13.0 Å². The van der Waals surface area contributed by atoms with Gasteiger partial charge in [-0.3, -0.25) is 4.90 Å². The minimum Gasteiger partial charge on any atom is -0.480 e. The number of hydrogen-bond acceptors (Lipinski definition) is 3. The van der Waals surface area contributed by atoms with E-state index in [4.69, 9.17) is 4.74 Å². The molecular formula is C28H27NO4. The van der Waals surface area contributed by atoms with Crippen molar-refractivity contribution in [3.8, 4) is 11.1 Å². The summed E-state index contributed by atoms with van der Waals surface area (Å²) >= 11 is 0. The number of rotatable bonds is 4. The lowest BCUT2D eigenvalue weighted by atomic mass is 9.89. The van der Waals surface area contributed by atoms with E-state index in [2.05, 4.69) is 24.3 Å². The molecule has 1 aliphatic heterocycles. The summed E-state index contributed by atoms with van der Waals surface area (Å²) in [6.07, 6.45) is -0.216. The van der Waals surface area contributed by atoms with Crippen LogP contribution >= 0.6 is 0 Å². The zero-order valence-electron chi connectivity index (χ0n) is 18.8. The SMILES string of the molecule is Cc1ccc(C2CN(C(=O)OCC3c4ccccc4-c4ccccc43)C(C)(C(=O)O)C2)cc1. The number of nitrogens with zero attached hydrogens (tertiary/aromatic N) is 1. The van der Waals surface area contributed by atoms with E-state index in [1.165, 1.54) is 4.90 Å². The van der Waals surface area contributed by atoms with Crippen molar-refractivity contribution in [2.75, 3.05) is 13.2 Å². The van der Waals surface area contributed by atoms with E-state index < -0.39 is 17.6 Å². The molecule has 5 nitrogen and oxygen atoms in total. The summed E-state index contributed by atoms with van der Waals surface area (Å²) in [4.78, 5) is 26.8. The third kappa shape index (κ3) is 3.58. The zero-order valence-corrected chi connectivity index (χ0v) is 18.8. The van der Waals surface area contributed by atoms with Crippen LogP contribution in [0.25, 0.3) is 11.1 Å². The van der Waals surface area contributed by atoms with Crippen LogP contribution in [0, 0.1) is 6.92 Å². The number of carboxylic acid groups (broad SMARTS) is 1. The van der Waals surface area contributed by atoms with Crippen LogP contribution in [-0.4, -0.2) is 40.8 Å². The summed E-state index contributed by atoms with van der Waals surface area (Å²) in [5.74, 6) is -1.12. The molecule has 0 aromatic heterocycles. The Hall–Kier alpha value is -3.60. The lowest BCUT2D eigenvalue weighted by Gasteiger charge is -2.30. The van der Waals surface area contributed by atoms with E-state index in [9.17, 15) is 14.7 Å². The van der Waals surface area contributed by atoms with Crippen molar-refractivity contribution in [1.82, 2.24) is 4.90 Å². The number of aliphatic carboxylic acids is 1. The Morgan fingerprint density at radius 3 is 2.12 bits per heavy atom. The maximum absolute atomic E-state index is 13.2. The smallest absolute Gasteiger partial charge is 0.410 e. The number of likely N-dealkylation sites (tertiary alicyclic amines) is 1. The molecule has 5 heteroatoms. The van der Waals surface area contributed by atoms with E-state index in [-0.39, 0.29) is 18.4 Å². The molecule has 2 unspecified atom stereocenters. The lowest BCUT2D eigenvalue weighted by molar-refractivity contribution is -0.147. The summed E-state index contributed by atoms with van der Waals surface area (Å²) in [5.41, 5.74) is 5.46. The van der Waals surface area contributed by atoms with Gasteiger partial charge in [-0.05, 0) is 48.1 Å². The molecule has 1 amide bonds. The van der Waals surface area contributed by atoms with Crippen LogP contribution in [-0.2, 0) is 9.53 Å². The predicted octanol–water partition coefficient (Wildman–Crippen LogP) is 5.58. The fraction of sp³-hybridized carbons (Fsp3) is 0.286. The Kier molecular flexibility index (Phi) is 5.20. The van der Waals surface area contributed by atoms with Gasteiger partial charge >= 0.3 is 12.1 Å². The summed E-state index contributed by atoms with van der Waals surface area (Å²) in [7, 11) is 0. The quantitative estimate of drug-likeness (QED) is 0.574. The monoisotopic (exact) mass is 441 g/mol. The van der Waals surface area contributed by atoms with Crippen LogP contribution in [0.3, 0.4) is 0 Å².